The molecule has 1 fully saturated rings. The number of amides is 2. The Bertz CT molecular complexity index is 542. The van der Waals surface area contributed by atoms with Crippen LogP contribution in [0.25, 0.3) is 0 Å². The predicted molar refractivity (Wildman–Crippen MR) is 81.0 cm³/mol. The number of rotatable bonds is 6. The number of anilines is 1. The third kappa shape index (κ3) is 4.04. The van der Waals surface area contributed by atoms with Crippen LogP contribution in [0.3, 0.4) is 0 Å². The molecule has 1 aliphatic rings. The van der Waals surface area contributed by atoms with Gasteiger partial charge in [0.25, 0.3) is 0 Å². The van der Waals surface area contributed by atoms with Gasteiger partial charge < -0.3 is 15.4 Å². The Morgan fingerprint density at radius 3 is 2.57 bits per heavy atom. The molecule has 2 rings (SSSR count). The zero-order valence-corrected chi connectivity index (χ0v) is 12.7. The van der Waals surface area contributed by atoms with Crippen LogP contribution in [0.1, 0.15) is 17.5 Å². The number of methoxy groups -OCH3 is 1. The third-order valence-electron chi connectivity index (χ3n) is 3.84. The largest absolute Gasteiger partial charge is 0.383 e. The molecular weight excluding hydrogens is 268 g/mol. The number of nitrogens with one attached hydrogen (secondary N) is 2. The number of benzene rings is 1. The van der Waals surface area contributed by atoms with E-state index in [9.17, 15) is 9.59 Å². The van der Waals surface area contributed by atoms with Crippen molar-refractivity contribution in [1.82, 2.24) is 5.32 Å². The quantitative estimate of drug-likeness (QED) is 0.783. The van der Waals surface area contributed by atoms with Gasteiger partial charge in [0.2, 0.25) is 11.8 Å². The van der Waals surface area contributed by atoms with E-state index in [-0.39, 0.29) is 23.7 Å². The van der Waals surface area contributed by atoms with Gasteiger partial charge in [-0.25, -0.2) is 0 Å². The lowest BCUT2D eigenvalue weighted by molar-refractivity contribution is -0.125. The smallest absolute Gasteiger partial charge is 0.228 e. The van der Waals surface area contributed by atoms with E-state index in [1.807, 2.05) is 32.0 Å². The van der Waals surface area contributed by atoms with E-state index in [1.165, 1.54) is 5.56 Å². The van der Waals surface area contributed by atoms with E-state index in [4.69, 9.17) is 4.74 Å². The van der Waals surface area contributed by atoms with Crippen LogP contribution in [0.2, 0.25) is 0 Å². The van der Waals surface area contributed by atoms with Crippen molar-refractivity contribution in [1.29, 1.82) is 0 Å². The number of aryl methyl sites for hydroxylation is 2. The predicted octanol–water partition coefficient (Wildman–Crippen LogP) is 1.64. The average Bonchev–Trinajstić information content (AvgIpc) is 3.23. The second kappa shape index (κ2) is 6.72. The first-order chi connectivity index (χ1) is 10.0. The van der Waals surface area contributed by atoms with Crippen LogP contribution in [0.15, 0.2) is 18.2 Å². The zero-order valence-electron chi connectivity index (χ0n) is 12.7. The highest BCUT2D eigenvalue weighted by molar-refractivity contribution is 5.99. The molecule has 2 N–H and O–H groups in total. The minimum atomic E-state index is -0.214. The van der Waals surface area contributed by atoms with Gasteiger partial charge in [-0.3, -0.25) is 9.59 Å². The molecule has 2 atom stereocenters. The van der Waals surface area contributed by atoms with Crippen LogP contribution in [0, 0.1) is 25.7 Å². The highest BCUT2D eigenvalue weighted by Gasteiger charge is 2.47. The summed E-state index contributed by atoms with van der Waals surface area (Å²) in [5.74, 6) is -0.556. The summed E-state index contributed by atoms with van der Waals surface area (Å²) in [6, 6.07) is 5.81. The minimum absolute atomic E-state index is 0.0627. The fraction of sp³-hybridized carbons (Fsp3) is 0.500. The molecule has 1 saturated carbocycles. The maximum Gasteiger partial charge on any atom is 0.228 e. The fourth-order valence-corrected chi connectivity index (χ4v) is 2.24. The van der Waals surface area contributed by atoms with Gasteiger partial charge in [-0.05, 0) is 43.5 Å². The molecule has 0 saturated heterocycles. The number of ether oxygens (including phenoxy) is 1. The summed E-state index contributed by atoms with van der Waals surface area (Å²) in [7, 11) is 1.59. The Labute approximate surface area is 125 Å². The Morgan fingerprint density at radius 1 is 1.19 bits per heavy atom. The van der Waals surface area contributed by atoms with Crippen molar-refractivity contribution in [2.45, 2.75) is 20.3 Å². The Morgan fingerprint density at radius 2 is 1.90 bits per heavy atom. The van der Waals surface area contributed by atoms with E-state index in [0.29, 0.717) is 19.6 Å². The Kier molecular flexibility index (Phi) is 4.96. The molecule has 2 unspecified atom stereocenters. The maximum atomic E-state index is 12.1. The summed E-state index contributed by atoms with van der Waals surface area (Å²) in [5, 5.41) is 5.65. The summed E-state index contributed by atoms with van der Waals surface area (Å²) in [5.41, 5.74) is 3.11. The van der Waals surface area contributed by atoms with Gasteiger partial charge in [-0.1, -0.05) is 6.07 Å². The van der Waals surface area contributed by atoms with Gasteiger partial charge in [-0.2, -0.15) is 0 Å². The molecule has 0 bridgehead atoms. The van der Waals surface area contributed by atoms with Crippen molar-refractivity contribution in [3.8, 4) is 0 Å². The molecule has 0 radical (unpaired) electrons. The molecule has 1 aromatic rings. The number of carbonyl (C=O) groups is 2. The molecule has 0 heterocycles. The molecular formula is C16H22N2O3. The fourth-order valence-electron chi connectivity index (χ4n) is 2.24. The van der Waals surface area contributed by atoms with E-state index in [0.717, 1.165) is 11.3 Å². The molecule has 114 valence electrons. The summed E-state index contributed by atoms with van der Waals surface area (Å²) in [6.45, 7) is 5.01. The molecule has 5 nitrogen and oxygen atoms in total. The van der Waals surface area contributed by atoms with Gasteiger partial charge in [0, 0.05) is 19.3 Å². The van der Waals surface area contributed by atoms with Crippen molar-refractivity contribution in [3.63, 3.8) is 0 Å². The highest BCUT2D eigenvalue weighted by atomic mass is 16.5. The number of carbonyl (C=O) groups excluding carboxylic acids is 2. The third-order valence-corrected chi connectivity index (χ3v) is 3.84. The van der Waals surface area contributed by atoms with Crippen molar-refractivity contribution in [3.05, 3.63) is 29.3 Å². The van der Waals surface area contributed by atoms with Crippen molar-refractivity contribution < 1.29 is 14.3 Å². The second-order valence-electron chi connectivity index (χ2n) is 5.52. The molecule has 0 aromatic heterocycles. The summed E-state index contributed by atoms with van der Waals surface area (Å²) >= 11 is 0. The topological polar surface area (TPSA) is 67.4 Å². The molecule has 21 heavy (non-hydrogen) atoms. The molecule has 1 aromatic carbocycles. The maximum absolute atomic E-state index is 12.1. The lowest BCUT2D eigenvalue weighted by Crippen LogP contribution is -2.30. The standard InChI is InChI=1S/C16H22N2O3/c1-10-4-5-12(8-11(10)2)18-16(20)14-9-13(14)15(19)17-6-7-21-3/h4-5,8,13-14H,6-7,9H2,1-3H3,(H,17,19)(H,18,20). The van der Waals surface area contributed by atoms with Gasteiger partial charge in [0.05, 0.1) is 18.4 Å². The molecule has 1 aliphatic carbocycles. The number of hydrogen-bond acceptors (Lipinski definition) is 3. The van der Waals surface area contributed by atoms with Crippen molar-refractivity contribution in [2.24, 2.45) is 11.8 Å². The van der Waals surface area contributed by atoms with E-state index in [2.05, 4.69) is 10.6 Å². The first-order valence-corrected chi connectivity index (χ1v) is 7.17. The Hall–Kier alpha value is -1.88. The van der Waals surface area contributed by atoms with Crippen LogP contribution >= 0.6 is 0 Å². The normalized spacial score (nSPS) is 20.0. The SMILES string of the molecule is COCCNC(=O)C1CC1C(=O)Nc1ccc(C)c(C)c1. The van der Waals surface area contributed by atoms with Crippen molar-refractivity contribution >= 4 is 17.5 Å². The first-order valence-electron chi connectivity index (χ1n) is 7.17. The lowest BCUT2D eigenvalue weighted by Gasteiger charge is -2.08. The van der Waals surface area contributed by atoms with Gasteiger partial charge >= 0.3 is 0 Å². The van der Waals surface area contributed by atoms with Crippen LogP contribution in [0.4, 0.5) is 5.69 Å². The molecule has 5 heteroatoms. The van der Waals surface area contributed by atoms with Crippen LogP contribution in [-0.2, 0) is 14.3 Å². The van der Waals surface area contributed by atoms with Crippen LogP contribution in [0.5, 0.6) is 0 Å². The summed E-state index contributed by atoms with van der Waals surface area (Å²) in [4.78, 5) is 23.9. The molecule has 0 aliphatic heterocycles. The van der Waals surface area contributed by atoms with Gasteiger partial charge in [0.1, 0.15) is 0 Å². The lowest BCUT2D eigenvalue weighted by atomic mass is 10.1. The number of hydrogen-bond donors (Lipinski definition) is 2. The first kappa shape index (κ1) is 15.5. The molecule has 0 spiro atoms. The Balaban J connectivity index is 1.82. The summed E-state index contributed by atoms with van der Waals surface area (Å²) < 4.78 is 4.87. The van der Waals surface area contributed by atoms with Crippen molar-refractivity contribution in [2.75, 3.05) is 25.6 Å². The van der Waals surface area contributed by atoms with Gasteiger partial charge in [-0.15, -0.1) is 0 Å². The van der Waals surface area contributed by atoms with E-state index in [1.54, 1.807) is 7.11 Å². The zero-order chi connectivity index (χ0) is 15.4. The molecule has 2 amide bonds. The second-order valence-corrected chi connectivity index (χ2v) is 5.52. The monoisotopic (exact) mass is 290 g/mol. The van der Waals surface area contributed by atoms with Crippen LogP contribution in [-0.4, -0.2) is 32.1 Å². The van der Waals surface area contributed by atoms with Crippen LogP contribution < -0.4 is 10.6 Å². The summed E-state index contributed by atoms with van der Waals surface area (Å²) in [6.07, 6.45) is 0.621. The van der Waals surface area contributed by atoms with E-state index >= 15 is 0 Å². The van der Waals surface area contributed by atoms with E-state index < -0.39 is 0 Å². The highest BCUT2D eigenvalue weighted by Crippen LogP contribution is 2.39. The van der Waals surface area contributed by atoms with Gasteiger partial charge in [0.15, 0.2) is 0 Å². The average molecular weight is 290 g/mol. The minimum Gasteiger partial charge on any atom is -0.383 e.